The Balaban J connectivity index is 0. The molecule has 76 valence electrons. The molecule has 0 heterocycles. The summed E-state index contributed by atoms with van der Waals surface area (Å²) in [5.74, 6) is 0. The van der Waals surface area contributed by atoms with Crippen LogP contribution in [0.4, 0.5) is 0 Å². The third-order valence-corrected chi connectivity index (χ3v) is 1.11. The molecule has 5 heteroatoms. The fourth-order valence-electron chi connectivity index (χ4n) is 0.329. The van der Waals surface area contributed by atoms with Gasteiger partial charge in [-0.1, -0.05) is 6.92 Å². The van der Waals surface area contributed by atoms with Gasteiger partial charge in [-0.05, 0) is 6.42 Å². The van der Waals surface area contributed by atoms with Crippen molar-refractivity contribution in [2.24, 2.45) is 22.9 Å². The highest BCUT2D eigenvalue weighted by Gasteiger charge is 1.79. The highest BCUT2D eigenvalue weighted by Crippen LogP contribution is 1.68. The van der Waals surface area contributed by atoms with Crippen molar-refractivity contribution in [3.63, 3.8) is 0 Å². The first kappa shape index (κ1) is 14.3. The van der Waals surface area contributed by atoms with Crippen LogP contribution < -0.4 is 28.3 Å². The fraction of sp³-hybridized carbons (Fsp3) is 1.00. The van der Waals surface area contributed by atoms with Gasteiger partial charge in [-0.3, -0.25) is 0 Å². The van der Waals surface area contributed by atoms with Crippen LogP contribution in [0.1, 0.15) is 13.3 Å². The first-order valence-electron chi connectivity index (χ1n) is 4.31. The number of nitrogens with two attached hydrogens (primary N) is 4. The zero-order valence-electron chi connectivity index (χ0n) is 7.92. The van der Waals surface area contributed by atoms with Crippen LogP contribution in [-0.2, 0) is 0 Å². The van der Waals surface area contributed by atoms with E-state index in [1.165, 1.54) is 0 Å². The lowest BCUT2D eigenvalue weighted by molar-refractivity contribution is 0.682. The van der Waals surface area contributed by atoms with E-state index in [1.54, 1.807) is 0 Å². The molecule has 0 atom stereocenters. The van der Waals surface area contributed by atoms with Gasteiger partial charge >= 0.3 is 0 Å². The van der Waals surface area contributed by atoms with Crippen LogP contribution in [0, 0.1) is 0 Å². The van der Waals surface area contributed by atoms with Crippen LogP contribution in [0.25, 0.3) is 0 Å². The molecule has 0 aromatic heterocycles. The number of hydrogen-bond donors (Lipinski definition) is 5. The van der Waals surface area contributed by atoms with Crippen molar-refractivity contribution in [2.45, 2.75) is 19.5 Å². The molecule has 0 aliphatic carbocycles. The quantitative estimate of drug-likeness (QED) is 0.249. The Morgan fingerprint density at radius 2 is 1.42 bits per heavy atom. The van der Waals surface area contributed by atoms with Gasteiger partial charge in [-0.25, -0.2) is 0 Å². The van der Waals surface area contributed by atoms with Crippen LogP contribution in [0.3, 0.4) is 0 Å². The van der Waals surface area contributed by atoms with Crippen molar-refractivity contribution in [3.05, 3.63) is 0 Å². The van der Waals surface area contributed by atoms with Crippen LogP contribution in [0.2, 0.25) is 0 Å². The highest BCUT2D eigenvalue weighted by atomic mass is 14.9. The van der Waals surface area contributed by atoms with E-state index in [9.17, 15) is 0 Å². The van der Waals surface area contributed by atoms with Gasteiger partial charge in [0, 0.05) is 26.2 Å². The SMILES string of the molecule is CCC(N)N.NCCNCCN. The predicted molar refractivity (Wildman–Crippen MR) is 53.4 cm³/mol. The van der Waals surface area contributed by atoms with Crippen LogP contribution in [0.5, 0.6) is 0 Å². The van der Waals surface area contributed by atoms with E-state index in [-0.39, 0.29) is 6.17 Å². The van der Waals surface area contributed by atoms with Crippen LogP contribution in [0.15, 0.2) is 0 Å². The second kappa shape index (κ2) is 13.4. The van der Waals surface area contributed by atoms with E-state index in [2.05, 4.69) is 5.32 Å². The lowest BCUT2D eigenvalue weighted by Gasteiger charge is -1.95. The summed E-state index contributed by atoms with van der Waals surface area (Å²) in [7, 11) is 0. The Hall–Kier alpha value is -0.200. The van der Waals surface area contributed by atoms with Gasteiger partial charge in [0.15, 0.2) is 0 Å². The molecule has 0 radical (unpaired) electrons. The lowest BCUT2D eigenvalue weighted by Crippen LogP contribution is -2.28. The second-order valence-electron chi connectivity index (χ2n) is 2.40. The number of hydrogen-bond acceptors (Lipinski definition) is 5. The van der Waals surface area contributed by atoms with E-state index in [0.717, 1.165) is 19.5 Å². The summed E-state index contributed by atoms with van der Waals surface area (Å²) in [6.45, 7) is 5.08. The first-order valence-corrected chi connectivity index (χ1v) is 4.31. The average molecular weight is 177 g/mol. The average Bonchev–Trinajstić information content (AvgIpc) is 2.07. The monoisotopic (exact) mass is 177 g/mol. The molecule has 0 rings (SSSR count). The second-order valence-corrected chi connectivity index (χ2v) is 2.40. The zero-order chi connectivity index (χ0) is 9.82. The topological polar surface area (TPSA) is 116 Å². The molecule has 9 N–H and O–H groups in total. The van der Waals surface area contributed by atoms with Crippen LogP contribution >= 0.6 is 0 Å². The van der Waals surface area contributed by atoms with E-state index in [0.29, 0.717) is 13.1 Å². The summed E-state index contributed by atoms with van der Waals surface area (Å²) in [4.78, 5) is 0. The van der Waals surface area contributed by atoms with Crippen molar-refractivity contribution in [1.82, 2.24) is 5.32 Å². The van der Waals surface area contributed by atoms with Gasteiger partial charge in [0.2, 0.25) is 0 Å². The predicted octanol–water partition coefficient (Wildman–Crippen LogP) is -1.87. The minimum Gasteiger partial charge on any atom is -0.329 e. The molecule has 0 aromatic rings. The van der Waals surface area contributed by atoms with Gasteiger partial charge in [0.25, 0.3) is 0 Å². The fourth-order valence-corrected chi connectivity index (χ4v) is 0.329. The first-order chi connectivity index (χ1) is 5.68. The molecule has 0 saturated heterocycles. The van der Waals surface area contributed by atoms with Crippen molar-refractivity contribution >= 4 is 0 Å². The van der Waals surface area contributed by atoms with E-state index in [4.69, 9.17) is 22.9 Å². The van der Waals surface area contributed by atoms with Gasteiger partial charge in [-0.2, -0.15) is 0 Å². The molecule has 0 unspecified atom stereocenters. The molecule has 0 amide bonds. The Labute approximate surface area is 74.8 Å². The molecule has 12 heavy (non-hydrogen) atoms. The van der Waals surface area contributed by atoms with Crippen molar-refractivity contribution < 1.29 is 0 Å². The summed E-state index contributed by atoms with van der Waals surface area (Å²) in [6.07, 6.45) is 0.745. The Morgan fingerprint density at radius 3 is 1.58 bits per heavy atom. The standard InChI is InChI=1S/C4H13N3.C3H10N2/c5-1-3-7-4-2-6;1-2-3(4)5/h7H,1-6H2;3H,2,4-5H2,1H3. The van der Waals surface area contributed by atoms with Gasteiger partial charge in [-0.15, -0.1) is 0 Å². The summed E-state index contributed by atoms with van der Waals surface area (Å²) < 4.78 is 0. The maximum absolute atomic E-state index is 5.17. The highest BCUT2D eigenvalue weighted by molar-refractivity contribution is 4.45. The molecular formula is C7H23N5. The van der Waals surface area contributed by atoms with Crippen molar-refractivity contribution in [3.8, 4) is 0 Å². The molecule has 0 aliphatic heterocycles. The largest absolute Gasteiger partial charge is 0.329 e. The minimum absolute atomic E-state index is 0.116. The minimum atomic E-state index is -0.116. The Bertz CT molecular complexity index is 62.8. The van der Waals surface area contributed by atoms with E-state index in [1.807, 2.05) is 6.92 Å². The molecule has 5 nitrogen and oxygen atoms in total. The number of rotatable bonds is 5. The molecule has 0 bridgehead atoms. The third kappa shape index (κ3) is 22.6. The van der Waals surface area contributed by atoms with Gasteiger partial charge in [0.1, 0.15) is 0 Å². The van der Waals surface area contributed by atoms with Crippen LogP contribution in [-0.4, -0.2) is 32.3 Å². The van der Waals surface area contributed by atoms with Gasteiger partial charge < -0.3 is 28.3 Å². The molecule has 0 saturated carbocycles. The molecular weight excluding hydrogens is 154 g/mol. The summed E-state index contributed by atoms with van der Waals surface area (Å²) in [5.41, 5.74) is 20.5. The molecule has 0 fully saturated rings. The van der Waals surface area contributed by atoms with Gasteiger partial charge in [0.05, 0.1) is 6.17 Å². The Kier molecular flexibility index (Phi) is 16.0. The van der Waals surface area contributed by atoms with Crippen molar-refractivity contribution in [2.75, 3.05) is 26.2 Å². The molecule has 0 aliphatic rings. The maximum atomic E-state index is 5.17. The smallest absolute Gasteiger partial charge is 0.0518 e. The third-order valence-electron chi connectivity index (χ3n) is 1.11. The summed E-state index contributed by atoms with van der Waals surface area (Å²) in [6, 6.07) is 0. The van der Waals surface area contributed by atoms with E-state index < -0.39 is 0 Å². The maximum Gasteiger partial charge on any atom is 0.0518 e. The summed E-state index contributed by atoms with van der Waals surface area (Å²) in [5, 5.41) is 3.03. The molecule has 0 aromatic carbocycles. The zero-order valence-corrected chi connectivity index (χ0v) is 7.92. The molecule has 0 spiro atoms. The lowest BCUT2D eigenvalue weighted by atomic mass is 10.4. The van der Waals surface area contributed by atoms with E-state index >= 15 is 0 Å². The Morgan fingerprint density at radius 1 is 1.08 bits per heavy atom. The summed E-state index contributed by atoms with van der Waals surface area (Å²) >= 11 is 0. The number of nitrogens with one attached hydrogen (secondary N) is 1. The normalized spacial score (nSPS) is 9.50. The van der Waals surface area contributed by atoms with Crippen molar-refractivity contribution in [1.29, 1.82) is 0 Å².